The van der Waals surface area contributed by atoms with E-state index < -0.39 is 5.91 Å². The summed E-state index contributed by atoms with van der Waals surface area (Å²) < 4.78 is 0. The summed E-state index contributed by atoms with van der Waals surface area (Å²) in [6.07, 6.45) is 3.46. The van der Waals surface area contributed by atoms with Crippen molar-refractivity contribution >= 4 is 11.6 Å². The second-order valence-electron chi connectivity index (χ2n) is 5.18. The lowest BCUT2D eigenvalue weighted by Crippen LogP contribution is -2.34. The van der Waals surface area contributed by atoms with Gasteiger partial charge in [-0.3, -0.25) is 9.78 Å². The Kier molecular flexibility index (Phi) is 8.78. The lowest BCUT2D eigenvalue weighted by Gasteiger charge is -2.10. The number of oxime groups is 1. The van der Waals surface area contributed by atoms with Crippen molar-refractivity contribution in [3.63, 3.8) is 0 Å². The summed E-state index contributed by atoms with van der Waals surface area (Å²) in [5, 5.41) is 18.0. The number of amides is 1. The van der Waals surface area contributed by atoms with Crippen LogP contribution in [0.1, 0.15) is 18.5 Å². The molecule has 1 aromatic rings. The van der Waals surface area contributed by atoms with Gasteiger partial charge in [-0.15, -0.1) is 0 Å². The highest BCUT2D eigenvalue weighted by Gasteiger charge is 2.14. The van der Waals surface area contributed by atoms with Gasteiger partial charge < -0.3 is 20.7 Å². The zero-order valence-corrected chi connectivity index (χ0v) is 13.2. The highest BCUT2D eigenvalue weighted by molar-refractivity contribution is 6.44. The highest BCUT2D eigenvalue weighted by atomic mass is 16.4. The summed E-state index contributed by atoms with van der Waals surface area (Å²) in [4.78, 5) is 18.1. The Bertz CT molecular complexity index is 462. The molecule has 0 aliphatic heterocycles. The van der Waals surface area contributed by atoms with Crippen LogP contribution < -0.4 is 10.6 Å². The van der Waals surface area contributed by atoms with E-state index in [1.54, 1.807) is 24.4 Å². The van der Waals surface area contributed by atoms with E-state index in [0.29, 0.717) is 12.2 Å². The molecule has 7 nitrogen and oxygen atoms in total. The summed E-state index contributed by atoms with van der Waals surface area (Å²) in [6, 6.07) is 5.09. The molecule has 0 spiro atoms. The summed E-state index contributed by atoms with van der Waals surface area (Å²) in [7, 11) is 4.11. The maximum Gasteiger partial charge on any atom is 0.275 e. The number of pyridine rings is 1. The molecule has 0 unspecified atom stereocenters. The van der Waals surface area contributed by atoms with E-state index in [1.807, 2.05) is 0 Å². The number of carbonyl (C=O) groups excluding carboxylic acids is 1. The Labute approximate surface area is 131 Å². The molecule has 0 aromatic carbocycles. The van der Waals surface area contributed by atoms with Gasteiger partial charge >= 0.3 is 0 Å². The molecule has 22 heavy (non-hydrogen) atoms. The molecule has 122 valence electrons. The molecule has 0 aliphatic carbocycles. The molecule has 3 N–H and O–H groups in total. The molecule has 0 aliphatic rings. The quantitative estimate of drug-likeness (QED) is 0.250. The first kappa shape index (κ1) is 18.1. The monoisotopic (exact) mass is 307 g/mol. The second-order valence-corrected chi connectivity index (χ2v) is 5.18. The fourth-order valence-electron chi connectivity index (χ4n) is 1.86. The zero-order valence-electron chi connectivity index (χ0n) is 13.2. The first-order valence-corrected chi connectivity index (χ1v) is 7.42. The Morgan fingerprint density at radius 1 is 1.27 bits per heavy atom. The SMILES string of the molecule is CN(C)CCCNCCCNC(=O)/C(=N/O)c1ccccn1. The molecule has 1 amide bonds. The van der Waals surface area contributed by atoms with Crippen LogP contribution in [-0.2, 0) is 4.79 Å². The van der Waals surface area contributed by atoms with Crippen molar-refractivity contribution < 1.29 is 10.0 Å². The van der Waals surface area contributed by atoms with Crippen LogP contribution in [0.15, 0.2) is 29.6 Å². The van der Waals surface area contributed by atoms with E-state index >= 15 is 0 Å². The molecule has 1 aromatic heterocycles. The average Bonchev–Trinajstić information content (AvgIpc) is 2.51. The minimum absolute atomic E-state index is 0.0699. The van der Waals surface area contributed by atoms with E-state index in [2.05, 4.69) is 39.8 Å². The van der Waals surface area contributed by atoms with Gasteiger partial charge in [0.1, 0.15) is 0 Å². The molecule has 0 fully saturated rings. The van der Waals surface area contributed by atoms with Crippen molar-refractivity contribution in [1.82, 2.24) is 20.5 Å². The van der Waals surface area contributed by atoms with Gasteiger partial charge in [0.15, 0.2) is 5.71 Å². The number of carbonyl (C=O) groups is 1. The van der Waals surface area contributed by atoms with Gasteiger partial charge in [-0.1, -0.05) is 11.2 Å². The van der Waals surface area contributed by atoms with E-state index in [4.69, 9.17) is 5.21 Å². The van der Waals surface area contributed by atoms with Crippen LogP contribution in [0, 0.1) is 0 Å². The summed E-state index contributed by atoms with van der Waals surface area (Å²) in [6.45, 7) is 3.38. The largest absolute Gasteiger partial charge is 0.410 e. The molecule has 0 radical (unpaired) electrons. The summed E-state index contributed by atoms with van der Waals surface area (Å²) in [5.74, 6) is -0.422. The summed E-state index contributed by atoms with van der Waals surface area (Å²) in [5.41, 5.74) is 0.281. The molecule has 7 heteroatoms. The lowest BCUT2D eigenvalue weighted by molar-refractivity contribution is -0.114. The molecule has 0 atom stereocenters. The van der Waals surface area contributed by atoms with Crippen LogP contribution in [0.5, 0.6) is 0 Å². The van der Waals surface area contributed by atoms with Gasteiger partial charge in [-0.2, -0.15) is 0 Å². The Morgan fingerprint density at radius 3 is 2.68 bits per heavy atom. The van der Waals surface area contributed by atoms with Gasteiger partial charge in [0.25, 0.3) is 5.91 Å². The summed E-state index contributed by atoms with van der Waals surface area (Å²) >= 11 is 0. The second kappa shape index (κ2) is 10.7. The molecule has 0 saturated carbocycles. The van der Waals surface area contributed by atoms with Gasteiger partial charge in [-0.05, 0) is 58.7 Å². The van der Waals surface area contributed by atoms with Crippen molar-refractivity contribution in [2.45, 2.75) is 12.8 Å². The first-order valence-electron chi connectivity index (χ1n) is 7.42. The van der Waals surface area contributed by atoms with Crippen LogP contribution in [0.3, 0.4) is 0 Å². The number of hydrogen-bond acceptors (Lipinski definition) is 6. The van der Waals surface area contributed by atoms with Gasteiger partial charge in [0.2, 0.25) is 0 Å². The number of nitrogens with one attached hydrogen (secondary N) is 2. The normalized spacial score (nSPS) is 11.7. The van der Waals surface area contributed by atoms with Gasteiger partial charge in [-0.25, -0.2) is 0 Å². The maximum absolute atomic E-state index is 11.9. The molecule has 0 saturated heterocycles. The molecule has 0 bridgehead atoms. The zero-order chi connectivity index (χ0) is 16.2. The maximum atomic E-state index is 11.9. The smallest absolute Gasteiger partial charge is 0.275 e. The fraction of sp³-hybridized carbons (Fsp3) is 0.533. The molecule has 1 heterocycles. The highest BCUT2D eigenvalue weighted by Crippen LogP contribution is 1.97. The molecule has 1 rings (SSSR count). The van der Waals surface area contributed by atoms with Crippen molar-refractivity contribution in [3.05, 3.63) is 30.1 Å². The van der Waals surface area contributed by atoms with Gasteiger partial charge in [0.05, 0.1) is 5.69 Å². The van der Waals surface area contributed by atoms with E-state index in [1.165, 1.54) is 0 Å². The Hall–Kier alpha value is -1.99. The van der Waals surface area contributed by atoms with Gasteiger partial charge in [0, 0.05) is 12.7 Å². The Balaban J connectivity index is 2.18. The third-order valence-corrected chi connectivity index (χ3v) is 3.00. The number of aromatic nitrogens is 1. The predicted molar refractivity (Wildman–Crippen MR) is 86.2 cm³/mol. The van der Waals surface area contributed by atoms with Crippen molar-refractivity contribution in [3.8, 4) is 0 Å². The number of nitrogens with zero attached hydrogens (tertiary/aromatic N) is 3. The third kappa shape index (κ3) is 7.14. The van der Waals surface area contributed by atoms with E-state index in [0.717, 1.165) is 32.5 Å². The van der Waals surface area contributed by atoms with Crippen molar-refractivity contribution in [2.75, 3.05) is 40.3 Å². The lowest BCUT2D eigenvalue weighted by atomic mass is 10.2. The first-order chi connectivity index (χ1) is 10.6. The third-order valence-electron chi connectivity index (χ3n) is 3.00. The Morgan fingerprint density at radius 2 is 2.05 bits per heavy atom. The van der Waals surface area contributed by atoms with Crippen LogP contribution in [0.4, 0.5) is 0 Å². The average molecular weight is 307 g/mol. The van der Waals surface area contributed by atoms with Crippen LogP contribution in [0.2, 0.25) is 0 Å². The fourth-order valence-corrected chi connectivity index (χ4v) is 1.86. The van der Waals surface area contributed by atoms with E-state index in [-0.39, 0.29) is 5.71 Å². The van der Waals surface area contributed by atoms with E-state index in [9.17, 15) is 4.79 Å². The molecular weight excluding hydrogens is 282 g/mol. The van der Waals surface area contributed by atoms with Crippen LogP contribution in [-0.4, -0.2) is 67.0 Å². The standard InChI is InChI=1S/C15H25N5O2/c1-20(2)12-6-9-16-8-5-11-18-15(21)14(19-22)13-7-3-4-10-17-13/h3-4,7,10,16,22H,5-6,8-9,11-12H2,1-2H3,(H,18,21)/b19-14+. The van der Waals surface area contributed by atoms with Crippen LogP contribution in [0.25, 0.3) is 0 Å². The number of rotatable bonds is 10. The predicted octanol–water partition coefficient (Wildman–Crippen LogP) is 0.308. The van der Waals surface area contributed by atoms with Crippen molar-refractivity contribution in [1.29, 1.82) is 0 Å². The van der Waals surface area contributed by atoms with Crippen LogP contribution >= 0.6 is 0 Å². The minimum Gasteiger partial charge on any atom is -0.410 e. The van der Waals surface area contributed by atoms with Crippen molar-refractivity contribution in [2.24, 2.45) is 5.16 Å². The molecular formula is C15H25N5O2. The topological polar surface area (TPSA) is 89.8 Å². The minimum atomic E-state index is -0.422. The number of hydrogen-bond donors (Lipinski definition) is 3.